The second kappa shape index (κ2) is 7.33. The van der Waals surface area contributed by atoms with E-state index < -0.39 is 15.9 Å². The molecular formula is C12H18BrFN2O2S. The Morgan fingerprint density at radius 2 is 2.16 bits per heavy atom. The highest BCUT2D eigenvalue weighted by Gasteiger charge is 2.17. The first-order chi connectivity index (χ1) is 8.91. The van der Waals surface area contributed by atoms with E-state index in [2.05, 4.69) is 21.4 Å². The molecule has 0 spiro atoms. The molecule has 0 aromatic heterocycles. The van der Waals surface area contributed by atoms with Crippen molar-refractivity contribution >= 4 is 25.8 Å². The Bertz CT molecular complexity index is 522. The third-order valence-electron chi connectivity index (χ3n) is 2.95. The summed E-state index contributed by atoms with van der Waals surface area (Å²) in [6.07, 6.45) is 0.903. The highest BCUT2D eigenvalue weighted by molar-refractivity contribution is 9.10. The lowest BCUT2D eigenvalue weighted by Gasteiger charge is -2.17. The summed E-state index contributed by atoms with van der Waals surface area (Å²) in [6.45, 7) is 1.61. The van der Waals surface area contributed by atoms with E-state index in [1.54, 1.807) is 25.1 Å². The van der Waals surface area contributed by atoms with Crippen molar-refractivity contribution in [3.63, 3.8) is 0 Å². The van der Waals surface area contributed by atoms with Gasteiger partial charge < -0.3 is 0 Å². The zero-order valence-corrected chi connectivity index (χ0v) is 13.1. The van der Waals surface area contributed by atoms with Crippen LogP contribution in [0.3, 0.4) is 0 Å². The maximum atomic E-state index is 13.9. The molecule has 1 atom stereocenters. The van der Waals surface area contributed by atoms with Gasteiger partial charge in [0.25, 0.3) is 0 Å². The molecule has 0 fully saturated rings. The van der Waals surface area contributed by atoms with Crippen LogP contribution in [0, 0.1) is 5.82 Å². The molecule has 3 N–H and O–H groups in total. The predicted octanol–water partition coefficient (Wildman–Crippen LogP) is 2.31. The SMILES string of the molecule is CCS(=O)(=O)CCCC(NN)c1cccc(Br)c1F. The highest BCUT2D eigenvalue weighted by atomic mass is 79.9. The van der Waals surface area contributed by atoms with Gasteiger partial charge >= 0.3 is 0 Å². The summed E-state index contributed by atoms with van der Waals surface area (Å²) in [5, 5.41) is 0. The fourth-order valence-electron chi connectivity index (χ4n) is 1.77. The van der Waals surface area contributed by atoms with Crippen molar-refractivity contribution in [2.75, 3.05) is 11.5 Å². The summed E-state index contributed by atoms with van der Waals surface area (Å²) in [5.74, 6) is 5.27. The normalized spacial score (nSPS) is 13.5. The van der Waals surface area contributed by atoms with Gasteiger partial charge in [-0.25, -0.2) is 12.8 Å². The van der Waals surface area contributed by atoms with Crippen molar-refractivity contribution in [3.8, 4) is 0 Å². The molecule has 1 aromatic rings. The lowest BCUT2D eigenvalue weighted by Crippen LogP contribution is -2.29. The number of nitrogens with two attached hydrogens (primary N) is 1. The van der Waals surface area contributed by atoms with Gasteiger partial charge in [0.15, 0.2) is 0 Å². The van der Waals surface area contributed by atoms with Crippen molar-refractivity contribution < 1.29 is 12.8 Å². The van der Waals surface area contributed by atoms with Crippen LogP contribution in [0.4, 0.5) is 4.39 Å². The molecule has 1 aromatic carbocycles. The van der Waals surface area contributed by atoms with Gasteiger partial charge in [0.1, 0.15) is 15.7 Å². The molecular weight excluding hydrogens is 335 g/mol. The number of nitrogens with one attached hydrogen (secondary N) is 1. The average Bonchev–Trinajstić information content (AvgIpc) is 2.38. The van der Waals surface area contributed by atoms with E-state index in [1.807, 2.05) is 0 Å². The van der Waals surface area contributed by atoms with E-state index in [1.165, 1.54) is 0 Å². The van der Waals surface area contributed by atoms with E-state index in [0.717, 1.165) is 0 Å². The van der Waals surface area contributed by atoms with Gasteiger partial charge in [0, 0.05) is 17.4 Å². The Kier molecular flexibility index (Phi) is 6.38. The van der Waals surface area contributed by atoms with Gasteiger partial charge in [0.2, 0.25) is 0 Å². The molecule has 19 heavy (non-hydrogen) atoms. The van der Waals surface area contributed by atoms with Crippen molar-refractivity contribution in [1.82, 2.24) is 5.43 Å². The molecule has 0 aliphatic heterocycles. The van der Waals surface area contributed by atoms with Crippen LogP contribution >= 0.6 is 15.9 Å². The second-order valence-corrected chi connectivity index (χ2v) is 7.57. The van der Waals surface area contributed by atoms with Crippen LogP contribution in [0.1, 0.15) is 31.4 Å². The smallest absolute Gasteiger partial charge is 0.150 e. The Morgan fingerprint density at radius 3 is 2.74 bits per heavy atom. The second-order valence-electron chi connectivity index (χ2n) is 4.24. The van der Waals surface area contributed by atoms with Crippen molar-refractivity contribution in [2.24, 2.45) is 5.84 Å². The molecule has 0 amide bonds. The molecule has 0 heterocycles. The van der Waals surface area contributed by atoms with Crippen LogP contribution in [0.15, 0.2) is 22.7 Å². The molecule has 0 aliphatic carbocycles. The summed E-state index contributed by atoms with van der Waals surface area (Å²) in [5.41, 5.74) is 2.97. The van der Waals surface area contributed by atoms with E-state index in [0.29, 0.717) is 22.9 Å². The first kappa shape index (κ1) is 16.6. The van der Waals surface area contributed by atoms with Crippen LogP contribution in [-0.2, 0) is 9.84 Å². The van der Waals surface area contributed by atoms with Crippen LogP contribution in [-0.4, -0.2) is 19.9 Å². The maximum Gasteiger partial charge on any atom is 0.150 e. The lowest BCUT2D eigenvalue weighted by molar-refractivity contribution is 0.478. The molecule has 0 bridgehead atoms. The molecule has 108 valence electrons. The molecule has 0 radical (unpaired) electrons. The van der Waals surface area contributed by atoms with Gasteiger partial charge in [-0.15, -0.1) is 0 Å². The quantitative estimate of drug-likeness (QED) is 0.583. The van der Waals surface area contributed by atoms with Crippen LogP contribution in [0.5, 0.6) is 0 Å². The Morgan fingerprint density at radius 1 is 1.47 bits per heavy atom. The van der Waals surface area contributed by atoms with Gasteiger partial charge in [0.05, 0.1) is 10.2 Å². The lowest BCUT2D eigenvalue weighted by atomic mass is 10.0. The molecule has 4 nitrogen and oxygen atoms in total. The summed E-state index contributed by atoms with van der Waals surface area (Å²) in [4.78, 5) is 0. The minimum atomic E-state index is -3.00. The first-order valence-corrected chi connectivity index (χ1v) is 8.63. The fourth-order valence-corrected chi connectivity index (χ4v) is 3.05. The number of benzene rings is 1. The molecule has 0 saturated carbocycles. The first-order valence-electron chi connectivity index (χ1n) is 6.01. The Balaban J connectivity index is 2.71. The minimum Gasteiger partial charge on any atom is -0.271 e. The van der Waals surface area contributed by atoms with Gasteiger partial charge in [-0.05, 0) is 34.8 Å². The summed E-state index contributed by atoms with van der Waals surface area (Å²) < 4.78 is 37.1. The van der Waals surface area contributed by atoms with Crippen molar-refractivity contribution in [3.05, 3.63) is 34.1 Å². The number of rotatable bonds is 7. The number of sulfone groups is 1. The third kappa shape index (κ3) is 4.83. The van der Waals surface area contributed by atoms with Gasteiger partial charge in [-0.3, -0.25) is 11.3 Å². The Labute approximate surface area is 121 Å². The monoisotopic (exact) mass is 352 g/mol. The number of hydrogen-bond acceptors (Lipinski definition) is 4. The summed E-state index contributed by atoms with van der Waals surface area (Å²) in [7, 11) is -3.00. The summed E-state index contributed by atoms with van der Waals surface area (Å²) >= 11 is 3.12. The third-order valence-corrected chi connectivity index (χ3v) is 5.35. The van der Waals surface area contributed by atoms with Crippen molar-refractivity contribution in [1.29, 1.82) is 0 Å². The predicted molar refractivity (Wildman–Crippen MR) is 77.7 cm³/mol. The number of halogens is 2. The van der Waals surface area contributed by atoms with E-state index >= 15 is 0 Å². The van der Waals surface area contributed by atoms with Crippen molar-refractivity contribution in [2.45, 2.75) is 25.8 Å². The zero-order valence-electron chi connectivity index (χ0n) is 10.7. The largest absolute Gasteiger partial charge is 0.271 e. The van der Waals surface area contributed by atoms with E-state index in [4.69, 9.17) is 5.84 Å². The van der Waals surface area contributed by atoms with E-state index in [9.17, 15) is 12.8 Å². The molecule has 1 rings (SSSR count). The standard InChI is InChI=1S/C12H18BrFN2O2S/c1-2-19(17,18)8-4-7-11(16-15)9-5-3-6-10(13)12(9)14/h3,5-6,11,16H,2,4,7-8,15H2,1H3. The average molecular weight is 353 g/mol. The van der Waals surface area contributed by atoms with Gasteiger partial charge in [-0.2, -0.15) is 0 Å². The Hall–Kier alpha value is -0.500. The van der Waals surface area contributed by atoms with Crippen LogP contribution in [0.25, 0.3) is 0 Å². The van der Waals surface area contributed by atoms with Crippen LogP contribution in [0.2, 0.25) is 0 Å². The number of hydrazine groups is 1. The molecule has 0 saturated heterocycles. The highest BCUT2D eigenvalue weighted by Crippen LogP contribution is 2.26. The fraction of sp³-hybridized carbons (Fsp3) is 0.500. The zero-order chi connectivity index (χ0) is 14.5. The molecule has 0 aliphatic rings. The number of hydrogen-bond donors (Lipinski definition) is 2. The van der Waals surface area contributed by atoms with Gasteiger partial charge in [-0.1, -0.05) is 19.1 Å². The summed E-state index contributed by atoms with van der Waals surface area (Å²) in [6, 6.07) is 4.56. The topological polar surface area (TPSA) is 72.2 Å². The van der Waals surface area contributed by atoms with E-state index in [-0.39, 0.29) is 17.3 Å². The molecule has 7 heteroatoms. The van der Waals surface area contributed by atoms with Crippen LogP contribution < -0.4 is 11.3 Å². The molecule has 1 unspecified atom stereocenters. The minimum absolute atomic E-state index is 0.0945. The maximum absolute atomic E-state index is 13.9.